The van der Waals surface area contributed by atoms with E-state index in [1.54, 1.807) is 0 Å². The van der Waals surface area contributed by atoms with E-state index < -0.39 is 0 Å². The Labute approximate surface area is 80.8 Å². The number of piperidine rings is 1. The second-order valence-corrected chi connectivity index (χ2v) is 4.53. The molecular formula is C11H20N2. The van der Waals surface area contributed by atoms with E-state index in [4.69, 9.17) is 5.41 Å². The van der Waals surface area contributed by atoms with Crippen molar-refractivity contribution in [3.8, 4) is 0 Å². The Balaban J connectivity index is 2.06. The van der Waals surface area contributed by atoms with Crippen LogP contribution in [-0.2, 0) is 0 Å². The van der Waals surface area contributed by atoms with E-state index >= 15 is 0 Å². The van der Waals surface area contributed by atoms with Crippen LogP contribution in [0.25, 0.3) is 0 Å². The summed E-state index contributed by atoms with van der Waals surface area (Å²) in [6, 6.07) is 0.722. The van der Waals surface area contributed by atoms with Crippen LogP contribution in [0.15, 0.2) is 0 Å². The second kappa shape index (κ2) is 3.69. The minimum absolute atomic E-state index is 0.722. The van der Waals surface area contributed by atoms with Crippen molar-refractivity contribution in [2.45, 2.75) is 51.5 Å². The first-order valence-electron chi connectivity index (χ1n) is 5.61. The lowest BCUT2D eigenvalue weighted by atomic mass is 9.78. The predicted molar refractivity (Wildman–Crippen MR) is 55.1 cm³/mol. The molecule has 1 aliphatic heterocycles. The predicted octanol–water partition coefficient (Wildman–Crippen LogP) is 2.64. The summed E-state index contributed by atoms with van der Waals surface area (Å²) in [6.45, 7) is 3.08. The molecule has 13 heavy (non-hydrogen) atoms. The Hall–Kier alpha value is -0.530. The molecule has 1 saturated heterocycles. The molecule has 0 aromatic carbocycles. The van der Waals surface area contributed by atoms with Crippen molar-refractivity contribution in [1.82, 2.24) is 4.90 Å². The van der Waals surface area contributed by atoms with Crippen LogP contribution < -0.4 is 0 Å². The molecule has 1 aliphatic carbocycles. The summed E-state index contributed by atoms with van der Waals surface area (Å²) in [5, 5.41) is 7.74. The maximum atomic E-state index is 7.74. The molecule has 0 radical (unpaired) electrons. The summed E-state index contributed by atoms with van der Waals surface area (Å²) in [5.41, 5.74) is 0. The SMILES string of the molecule is CC(=N)N1CCC[C@H]2CCCC[C@H]21. The third-order valence-electron chi connectivity index (χ3n) is 3.67. The van der Waals surface area contributed by atoms with E-state index in [-0.39, 0.29) is 0 Å². The Bertz CT molecular complexity index is 198. The second-order valence-electron chi connectivity index (χ2n) is 4.53. The zero-order valence-corrected chi connectivity index (χ0v) is 8.55. The normalized spacial score (nSPS) is 34.1. The van der Waals surface area contributed by atoms with Gasteiger partial charge in [0.1, 0.15) is 0 Å². The van der Waals surface area contributed by atoms with Crippen LogP contribution in [0.4, 0.5) is 0 Å². The van der Waals surface area contributed by atoms with Crippen LogP contribution in [0.3, 0.4) is 0 Å². The standard InChI is InChI=1S/C11H20N2/c1-9(12)13-8-4-6-10-5-2-3-7-11(10)13/h10-12H,2-8H2,1H3/t10-,11-/m1/s1. The first-order chi connectivity index (χ1) is 6.29. The Morgan fingerprint density at radius 1 is 1.15 bits per heavy atom. The molecule has 0 unspecified atom stereocenters. The van der Waals surface area contributed by atoms with Gasteiger partial charge in [-0.15, -0.1) is 0 Å². The maximum Gasteiger partial charge on any atom is 0.0928 e. The number of amidine groups is 1. The smallest absolute Gasteiger partial charge is 0.0928 e. The summed E-state index contributed by atoms with van der Waals surface area (Å²) >= 11 is 0. The van der Waals surface area contributed by atoms with Gasteiger partial charge in [0.15, 0.2) is 0 Å². The van der Waals surface area contributed by atoms with E-state index in [1.807, 2.05) is 6.92 Å². The van der Waals surface area contributed by atoms with Gasteiger partial charge in [-0.05, 0) is 38.5 Å². The Morgan fingerprint density at radius 3 is 2.62 bits per heavy atom. The Kier molecular flexibility index (Phi) is 2.56. The lowest BCUT2D eigenvalue weighted by Gasteiger charge is -2.44. The lowest BCUT2D eigenvalue weighted by molar-refractivity contribution is 0.118. The minimum Gasteiger partial charge on any atom is -0.358 e. The van der Waals surface area contributed by atoms with Crippen molar-refractivity contribution in [1.29, 1.82) is 5.41 Å². The van der Waals surface area contributed by atoms with Crippen LogP contribution in [0.2, 0.25) is 0 Å². The molecule has 1 heterocycles. The first kappa shape index (κ1) is 9.04. The van der Waals surface area contributed by atoms with Crippen LogP contribution in [-0.4, -0.2) is 23.3 Å². The highest BCUT2D eigenvalue weighted by Gasteiger charge is 2.33. The van der Waals surface area contributed by atoms with Gasteiger partial charge in [0.25, 0.3) is 0 Å². The molecule has 0 spiro atoms. The van der Waals surface area contributed by atoms with E-state index in [1.165, 1.54) is 38.5 Å². The van der Waals surface area contributed by atoms with Crippen LogP contribution >= 0.6 is 0 Å². The summed E-state index contributed by atoms with van der Waals surface area (Å²) in [4.78, 5) is 2.34. The third kappa shape index (κ3) is 1.72. The zero-order chi connectivity index (χ0) is 9.26. The minimum atomic E-state index is 0.722. The fourth-order valence-corrected chi connectivity index (χ4v) is 3.04. The van der Waals surface area contributed by atoms with Crippen molar-refractivity contribution >= 4 is 5.84 Å². The molecule has 2 nitrogen and oxygen atoms in total. The molecule has 2 fully saturated rings. The largest absolute Gasteiger partial charge is 0.358 e. The molecule has 0 bridgehead atoms. The molecule has 1 N–H and O–H groups in total. The molecule has 2 heteroatoms. The van der Waals surface area contributed by atoms with Crippen molar-refractivity contribution in [3.05, 3.63) is 0 Å². The lowest BCUT2D eigenvalue weighted by Crippen LogP contribution is -2.48. The maximum absolute atomic E-state index is 7.74. The van der Waals surface area contributed by atoms with Crippen molar-refractivity contribution in [2.24, 2.45) is 5.92 Å². The molecule has 2 aliphatic rings. The Morgan fingerprint density at radius 2 is 1.85 bits per heavy atom. The van der Waals surface area contributed by atoms with Gasteiger partial charge in [-0.2, -0.15) is 0 Å². The zero-order valence-electron chi connectivity index (χ0n) is 8.55. The quantitative estimate of drug-likeness (QED) is 0.450. The highest BCUT2D eigenvalue weighted by molar-refractivity contribution is 5.76. The number of fused-ring (bicyclic) bond motifs is 1. The number of likely N-dealkylation sites (tertiary alicyclic amines) is 1. The van der Waals surface area contributed by atoms with Gasteiger partial charge in [0, 0.05) is 12.6 Å². The van der Waals surface area contributed by atoms with Crippen molar-refractivity contribution in [3.63, 3.8) is 0 Å². The fourth-order valence-electron chi connectivity index (χ4n) is 3.04. The van der Waals surface area contributed by atoms with Crippen LogP contribution in [0, 0.1) is 11.3 Å². The fraction of sp³-hybridized carbons (Fsp3) is 0.909. The van der Waals surface area contributed by atoms with Crippen LogP contribution in [0.1, 0.15) is 45.4 Å². The molecule has 0 amide bonds. The number of hydrogen-bond acceptors (Lipinski definition) is 1. The number of nitrogens with zero attached hydrogens (tertiary/aromatic N) is 1. The number of nitrogens with one attached hydrogen (secondary N) is 1. The molecule has 1 saturated carbocycles. The molecular weight excluding hydrogens is 160 g/mol. The third-order valence-corrected chi connectivity index (χ3v) is 3.67. The van der Waals surface area contributed by atoms with Gasteiger partial charge in [-0.1, -0.05) is 12.8 Å². The summed E-state index contributed by atoms with van der Waals surface area (Å²) in [7, 11) is 0. The van der Waals surface area contributed by atoms with Crippen molar-refractivity contribution in [2.75, 3.05) is 6.54 Å². The molecule has 2 rings (SSSR count). The molecule has 2 atom stereocenters. The van der Waals surface area contributed by atoms with Gasteiger partial charge in [0.2, 0.25) is 0 Å². The van der Waals surface area contributed by atoms with Gasteiger partial charge in [0.05, 0.1) is 5.84 Å². The highest BCUT2D eigenvalue weighted by Crippen LogP contribution is 2.35. The van der Waals surface area contributed by atoms with Crippen molar-refractivity contribution < 1.29 is 0 Å². The van der Waals surface area contributed by atoms with Gasteiger partial charge >= 0.3 is 0 Å². The monoisotopic (exact) mass is 180 g/mol. The summed E-state index contributed by atoms with van der Waals surface area (Å²) < 4.78 is 0. The highest BCUT2D eigenvalue weighted by atomic mass is 15.2. The summed E-state index contributed by atoms with van der Waals surface area (Å²) in [5.74, 6) is 1.69. The first-order valence-corrected chi connectivity index (χ1v) is 5.61. The van der Waals surface area contributed by atoms with E-state index in [0.717, 1.165) is 24.3 Å². The molecule has 0 aromatic heterocycles. The number of hydrogen-bond donors (Lipinski definition) is 1. The van der Waals surface area contributed by atoms with Gasteiger partial charge in [-0.25, -0.2) is 0 Å². The van der Waals surface area contributed by atoms with Gasteiger partial charge < -0.3 is 4.90 Å². The average molecular weight is 180 g/mol. The summed E-state index contributed by atoms with van der Waals surface area (Å²) in [6.07, 6.45) is 8.26. The molecule has 0 aromatic rings. The van der Waals surface area contributed by atoms with Crippen LogP contribution in [0.5, 0.6) is 0 Å². The molecule has 74 valence electrons. The number of rotatable bonds is 0. The average Bonchev–Trinajstić information content (AvgIpc) is 2.17. The van der Waals surface area contributed by atoms with E-state index in [2.05, 4.69) is 4.90 Å². The van der Waals surface area contributed by atoms with E-state index in [9.17, 15) is 0 Å². The van der Waals surface area contributed by atoms with E-state index in [0.29, 0.717) is 0 Å². The topological polar surface area (TPSA) is 27.1 Å². The van der Waals surface area contributed by atoms with Gasteiger partial charge in [-0.3, -0.25) is 5.41 Å².